The lowest BCUT2D eigenvalue weighted by molar-refractivity contribution is -0.127. The number of thiophene rings is 1. The van der Waals surface area contributed by atoms with E-state index in [1.165, 1.54) is 5.56 Å². The number of hydrogen-bond donors (Lipinski definition) is 2. The first-order valence-electron chi connectivity index (χ1n) is 8.18. The number of likely N-dealkylation sites (N-methyl/N-ethyl adjacent to an activating group) is 1. The van der Waals surface area contributed by atoms with Crippen molar-refractivity contribution in [3.8, 4) is 0 Å². The van der Waals surface area contributed by atoms with Crippen LogP contribution >= 0.6 is 11.3 Å². The van der Waals surface area contributed by atoms with Crippen LogP contribution in [0, 0.1) is 0 Å². The molecule has 2 rings (SSSR count). The average Bonchev–Trinajstić information content (AvgIpc) is 3.10. The summed E-state index contributed by atoms with van der Waals surface area (Å²) >= 11 is 1.66. The lowest BCUT2D eigenvalue weighted by Gasteiger charge is -2.26. The van der Waals surface area contributed by atoms with Crippen LogP contribution in [-0.4, -0.2) is 81.7 Å². The summed E-state index contributed by atoms with van der Waals surface area (Å²) in [5, 5.41) is 10.5. The number of amides is 1. The van der Waals surface area contributed by atoms with Crippen molar-refractivity contribution in [1.82, 2.24) is 20.4 Å². The molecule has 2 heterocycles. The van der Waals surface area contributed by atoms with Gasteiger partial charge in [0.05, 0.1) is 26.3 Å². The molecule has 24 heavy (non-hydrogen) atoms. The van der Waals surface area contributed by atoms with E-state index in [-0.39, 0.29) is 12.5 Å². The van der Waals surface area contributed by atoms with Crippen molar-refractivity contribution in [1.29, 1.82) is 0 Å². The molecule has 8 heteroatoms. The van der Waals surface area contributed by atoms with Gasteiger partial charge in [-0.3, -0.25) is 9.69 Å². The third-order valence-electron chi connectivity index (χ3n) is 3.73. The predicted molar refractivity (Wildman–Crippen MR) is 97.4 cm³/mol. The Labute approximate surface area is 147 Å². The molecular formula is C16H27N5O2S. The number of morpholine rings is 1. The third kappa shape index (κ3) is 6.86. The van der Waals surface area contributed by atoms with Gasteiger partial charge in [-0.1, -0.05) is 0 Å². The lowest BCUT2D eigenvalue weighted by atomic mass is 10.3. The van der Waals surface area contributed by atoms with Gasteiger partial charge in [0, 0.05) is 40.3 Å². The highest BCUT2D eigenvalue weighted by molar-refractivity contribution is 7.07. The van der Waals surface area contributed by atoms with E-state index in [9.17, 15) is 4.79 Å². The summed E-state index contributed by atoms with van der Waals surface area (Å²) in [4.78, 5) is 20.3. The zero-order chi connectivity index (χ0) is 17.2. The van der Waals surface area contributed by atoms with Crippen LogP contribution in [0.1, 0.15) is 5.56 Å². The molecule has 1 amide bonds. The Bertz CT molecular complexity index is 513. The van der Waals surface area contributed by atoms with E-state index in [0.29, 0.717) is 12.5 Å². The molecule has 1 aromatic heterocycles. The van der Waals surface area contributed by atoms with Gasteiger partial charge in [-0.05, 0) is 22.4 Å². The number of ether oxygens (including phenoxy) is 1. The summed E-state index contributed by atoms with van der Waals surface area (Å²) in [5.41, 5.74) is 1.17. The van der Waals surface area contributed by atoms with Gasteiger partial charge in [0.15, 0.2) is 5.96 Å². The van der Waals surface area contributed by atoms with Gasteiger partial charge in [-0.15, -0.1) is 0 Å². The Balaban J connectivity index is 1.81. The van der Waals surface area contributed by atoms with Crippen molar-refractivity contribution in [3.63, 3.8) is 0 Å². The SMILES string of the molecule is CN(C)C(=O)CNC(=NCc1ccsc1)NCCN1CCOCC1. The van der Waals surface area contributed by atoms with Gasteiger partial charge >= 0.3 is 0 Å². The second-order valence-corrected chi connectivity index (χ2v) is 6.60. The van der Waals surface area contributed by atoms with Gasteiger partial charge in [0.1, 0.15) is 0 Å². The van der Waals surface area contributed by atoms with Crippen molar-refractivity contribution < 1.29 is 9.53 Å². The van der Waals surface area contributed by atoms with Crippen molar-refractivity contribution in [2.75, 3.05) is 60.0 Å². The van der Waals surface area contributed by atoms with E-state index in [4.69, 9.17) is 4.74 Å². The summed E-state index contributed by atoms with van der Waals surface area (Å²) in [6.45, 7) is 6.09. The Morgan fingerprint density at radius 2 is 2.17 bits per heavy atom. The minimum atomic E-state index is 0.0215. The molecule has 0 bridgehead atoms. The van der Waals surface area contributed by atoms with E-state index >= 15 is 0 Å². The number of guanidine groups is 1. The van der Waals surface area contributed by atoms with Crippen LogP contribution in [-0.2, 0) is 16.1 Å². The van der Waals surface area contributed by atoms with E-state index in [1.807, 2.05) is 5.38 Å². The smallest absolute Gasteiger partial charge is 0.241 e. The topological polar surface area (TPSA) is 69.2 Å². The Morgan fingerprint density at radius 3 is 2.83 bits per heavy atom. The highest BCUT2D eigenvalue weighted by Gasteiger charge is 2.10. The summed E-state index contributed by atoms with van der Waals surface area (Å²) in [6, 6.07) is 2.06. The molecule has 1 fully saturated rings. The molecule has 1 saturated heterocycles. The normalized spacial score (nSPS) is 16.0. The number of nitrogens with one attached hydrogen (secondary N) is 2. The number of rotatable bonds is 7. The summed E-state index contributed by atoms with van der Waals surface area (Å²) in [6.07, 6.45) is 0. The maximum atomic E-state index is 11.8. The largest absolute Gasteiger partial charge is 0.379 e. The van der Waals surface area contributed by atoms with Crippen LogP contribution in [0.2, 0.25) is 0 Å². The Morgan fingerprint density at radius 1 is 1.38 bits per heavy atom. The first kappa shape index (κ1) is 18.7. The molecule has 0 aromatic carbocycles. The number of hydrogen-bond acceptors (Lipinski definition) is 5. The van der Waals surface area contributed by atoms with Crippen molar-refractivity contribution in [2.24, 2.45) is 4.99 Å². The fourth-order valence-corrected chi connectivity index (χ4v) is 2.86. The number of carbonyl (C=O) groups is 1. The molecule has 0 spiro atoms. The zero-order valence-electron chi connectivity index (χ0n) is 14.5. The van der Waals surface area contributed by atoms with E-state index < -0.39 is 0 Å². The highest BCUT2D eigenvalue weighted by Crippen LogP contribution is 2.06. The zero-order valence-corrected chi connectivity index (χ0v) is 15.3. The molecule has 1 aliphatic rings. The van der Waals surface area contributed by atoms with Gasteiger partial charge in [0.2, 0.25) is 5.91 Å². The molecule has 0 radical (unpaired) electrons. The molecule has 0 aliphatic carbocycles. The molecule has 2 N–H and O–H groups in total. The van der Waals surface area contributed by atoms with Crippen LogP contribution in [0.25, 0.3) is 0 Å². The number of carbonyl (C=O) groups excluding carboxylic acids is 1. The quantitative estimate of drug-likeness (QED) is 0.542. The van der Waals surface area contributed by atoms with Crippen LogP contribution in [0.3, 0.4) is 0 Å². The molecule has 0 saturated carbocycles. The van der Waals surface area contributed by atoms with Gasteiger partial charge in [-0.2, -0.15) is 11.3 Å². The van der Waals surface area contributed by atoms with E-state index in [2.05, 4.69) is 32.0 Å². The van der Waals surface area contributed by atoms with Crippen LogP contribution < -0.4 is 10.6 Å². The van der Waals surface area contributed by atoms with E-state index in [1.54, 1.807) is 30.3 Å². The van der Waals surface area contributed by atoms with E-state index in [0.717, 1.165) is 39.4 Å². The van der Waals surface area contributed by atoms with Crippen LogP contribution in [0.5, 0.6) is 0 Å². The first-order chi connectivity index (χ1) is 11.6. The third-order valence-corrected chi connectivity index (χ3v) is 4.46. The van der Waals surface area contributed by atoms with Crippen molar-refractivity contribution in [3.05, 3.63) is 22.4 Å². The Kier molecular flexibility index (Phi) is 8.00. The molecule has 134 valence electrons. The monoisotopic (exact) mass is 353 g/mol. The molecule has 0 atom stereocenters. The molecule has 0 unspecified atom stereocenters. The standard InChI is InChI=1S/C16H27N5O2S/c1-20(2)15(22)12-19-16(18-11-14-3-10-24-13-14)17-4-5-21-6-8-23-9-7-21/h3,10,13H,4-9,11-12H2,1-2H3,(H2,17,18,19). The minimum Gasteiger partial charge on any atom is -0.379 e. The van der Waals surface area contributed by atoms with Gasteiger partial charge in [0.25, 0.3) is 0 Å². The lowest BCUT2D eigenvalue weighted by Crippen LogP contribution is -2.46. The second kappa shape index (κ2) is 10.3. The van der Waals surface area contributed by atoms with Crippen molar-refractivity contribution >= 4 is 23.2 Å². The molecule has 1 aromatic rings. The molecule has 7 nitrogen and oxygen atoms in total. The fourth-order valence-electron chi connectivity index (χ4n) is 2.20. The van der Waals surface area contributed by atoms with Gasteiger partial charge < -0.3 is 20.3 Å². The molecule has 1 aliphatic heterocycles. The Hall–Kier alpha value is -1.64. The highest BCUT2D eigenvalue weighted by atomic mass is 32.1. The minimum absolute atomic E-state index is 0.0215. The first-order valence-corrected chi connectivity index (χ1v) is 9.13. The maximum absolute atomic E-state index is 11.8. The van der Waals surface area contributed by atoms with Gasteiger partial charge in [-0.25, -0.2) is 4.99 Å². The van der Waals surface area contributed by atoms with Crippen LogP contribution in [0.4, 0.5) is 0 Å². The summed E-state index contributed by atoms with van der Waals surface area (Å²) in [7, 11) is 3.50. The average molecular weight is 353 g/mol. The fraction of sp³-hybridized carbons (Fsp3) is 0.625. The summed E-state index contributed by atoms with van der Waals surface area (Å²) in [5.74, 6) is 0.692. The van der Waals surface area contributed by atoms with Crippen LogP contribution in [0.15, 0.2) is 21.8 Å². The number of aliphatic imine (C=N–C) groups is 1. The maximum Gasteiger partial charge on any atom is 0.241 e. The molecular weight excluding hydrogens is 326 g/mol. The second-order valence-electron chi connectivity index (χ2n) is 5.82. The number of nitrogens with zero attached hydrogens (tertiary/aromatic N) is 3. The predicted octanol–water partition coefficient (Wildman–Crippen LogP) is 0.204. The van der Waals surface area contributed by atoms with Crippen molar-refractivity contribution in [2.45, 2.75) is 6.54 Å². The summed E-state index contributed by atoms with van der Waals surface area (Å²) < 4.78 is 5.36.